The number of nitrogens with one attached hydrogen (secondary N) is 2. The predicted molar refractivity (Wildman–Crippen MR) is 98.1 cm³/mol. The van der Waals surface area contributed by atoms with Gasteiger partial charge in [0.05, 0.1) is 12.1 Å². The first kappa shape index (κ1) is 21.6. The van der Waals surface area contributed by atoms with Gasteiger partial charge in [-0.05, 0) is 57.9 Å². The Morgan fingerprint density at radius 2 is 1.81 bits per heavy atom. The summed E-state index contributed by atoms with van der Waals surface area (Å²) in [5.41, 5.74) is 2.12. The predicted octanol–water partition coefficient (Wildman–Crippen LogP) is 1.81. The molecule has 7 heteroatoms. The zero-order valence-electron chi connectivity index (χ0n) is 16.0. The van der Waals surface area contributed by atoms with E-state index < -0.39 is 17.9 Å². The molecule has 1 unspecified atom stereocenters. The highest BCUT2D eigenvalue weighted by atomic mass is 16.5. The molecule has 0 saturated carbocycles. The summed E-state index contributed by atoms with van der Waals surface area (Å²) in [5, 5.41) is 14.1. The van der Waals surface area contributed by atoms with Crippen LogP contribution in [0.1, 0.15) is 48.7 Å². The van der Waals surface area contributed by atoms with Gasteiger partial charge in [0.1, 0.15) is 6.04 Å². The van der Waals surface area contributed by atoms with Gasteiger partial charge in [-0.15, -0.1) is 0 Å². The first-order chi connectivity index (χ1) is 12.0. The van der Waals surface area contributed by atoms with Crippen molar-refractivity contribution in [1.82, 2.24) is 10.6 Å². The average Bonchev–Trinajstić information content (AvgIpc) is 2.53. The number of amides is 2. The topological polar surface area (TPSA) is 105 Å². The number of carboxylic acid groups (broad SMARTS) is 1. The van der Waals surface area contributed by atoms with Crippen molar-refractivity contribution in [2.75, 3.05) is 13.2 Å². The Bertz CT molecular complexity index is 664. The number of rotatable bonds is 8. The van der Waals surface area contributed by atoms with Gasteiger partial charge in [-0.25, -0.2) is 4.79 Å². The van der Waals surface area contributed by atoms with Crippen LogP contribution in [0.5, 0.6) is 0 Å². The lowest BCUT2D eigenvalue weighted by molar-refractivity contribution is -0.142. The Kier molecular flexibility index (Phi) is 7.76. The van der Waals surface area contributed by atoms with E-state index in [2.05, 4.69) is 10.6 Å². The van der Waals surface area contributed by atoms with Crippen molar-refractivity contribution < 1.29 is 24.2 Å². The highest BCUT2D eigenvalue weighted by Gasteiger charge is 2.21. The second-order valence-electron chi connectivity index (χ2n) is 7.19. The second-order valence-corrected chi connectivity index (χ2v) is 7.19. The van der Waals surface area contributed by atoms with Gasteiger partial charge in [-0.1, -0.05) is 6.07 Å². The van der Waals surface area contributed by atoms with E-state index in [0.717, 1.165) is 11.1 Å². The lowest BCUT2D eigenvalue weighted by Gasteiger charge is -2.21. The van der Waals surface area contributed by atoms with Crippen LogP contribution in [-0.4, -0.2) is 47.7 Å². The molecule has 0 bridgehead atoms. The summed E-state index contributed by atoms with van der Waals surface area (Å²) in [7, 11) is 0. The molecule has 0 saturated heterocycles. The van der Waals surface area contributed by atoms with Crippen molar-refractivity contribution >= 4 is 17.8 Å². The third-order valence-corrected chi connectivity index (χ3v) is 3.75. The molecule has 0 aliphatic rings. The van der Waals surface area contributed by atoms with Gasteiger partial charge < -0.3 is 20.5 Å². The molecular formula is C19H28N2O5. The fourth-order valence-electron chi connectivity index (χ4n) is 2.13. The van der Waals surface area contributed by atoms with E-state index in [1.807, 2.05) is 40.7 Å². The van der Waals surface area contributed by atoms with Gasteiger partial charge in [0.2, 0.25) is 5.91 Å². The Morgan fingerprint density at radius 3 is 2.35 bits per heavy atom. The first-order valence-corrected chi connectivity index (χ1v) is 8.51. The highest BCUT2D eigenvalue weighted by Crippen LogP contribution is 2.10. The third kappa shape index (κ3) is 7.65. The molecule has 144 valence electrons. The van der Waals surface area contributed by atoms with E-state index in [9.17, 15) is 19.5 Å². The van der Waals surface area contributed by atoms with Crippen molar-refractivity contribution in [1.29, 1.82) is 0 Å². The standard InChI is InChI=1S/C19H28N2O5/c1-12-6-7-14(10-13(12)2)17(23)20-11-16(22)21-15(18(24)25)8-9-26-19(3,4)5/h6-7,10,15H,8-9,11H2,1-5H3,(H,20,23)(H,21,22)(H,24,25). The normalized spacial score (nSPS) is 12.3. The third-order valence-electron chi connectivity index (χ3n) is 3.75. The lowest BCUT2D eigenvalue weighted by Crippen LogP contribution is -2.46. The minimum absolute atomic E-state index is 0.142. The van der Waals surface area contributed by atoms with Gasteiger partial charge >= 0.3 is 5.97 Å². The van der Waals surface area contributed by atoms with Crippen molar-refractivity contribution in [3.8, 4) is 0 Å². The summed E-state index contributed by atoms with van der Waals surface area (Å²) in [5.74, 6) is -2.09. The molecule has 2 amide bonds. The number of benzene rings is 1. The maximum absolute atomic E-state index is 12.1. The van der Waals surface area contributed by atoms with Crippen LogP contribution in [0.25, 0.3) is 0 Å². The fourth-order valence-corrected chi connectivity index (χ4v) is 2.13. The average molecular weight is 364 g/mol. The second kappa shape index (κ2) is 9.33. The summed E-state index contributed by atoms with van der Waals surface area (Å²) >= 11 is 0. The van der Waals surface area contributed by atoms with Crippen LogP contribution < -0.4 is 10.6 Å². The fraction of sp³-hybridized carbons (Fsp3) is 0.526. The van der Waals surface area contributed by atoms with Gasteiger partial charge in [-0.3, -0.25) is 9.59 Å². The number of hydrogen-bond acceptors (Lipinski definition) is 4. The van der Waals surface area contributed by atoms with Crippen LogP contribution in [-0.2, 0) is 14.3 Å². The van der Waals surface area contributed by atoms with E-state index >= 15 is 0 Å². The number of carboxylic acids is 1. The van der Waals surface area contributed by atoms with Crippen LogP contribution >= 0.6 is 0 Å². The van der Waals surface area contributed by atoms with E-state index in [-0.39, 0.29) is 31.1 Å². The summed E-state index contributed by atoms with van der Waals surface area (Å²) in [6.45, 7) is 9.35. The van der Waals surface area contributed by atoms with Crippen LogP contribution in [0.2, 0.25) is 0 Å². The van der Waals surface area contributed by atoms with Gasteiger partial charge in [0.25, 0.3) is 5.91 Å². The maximum Gasteiger partial charge on any atom is 0.326 e. The molecule has 7 nitrogen and oxygen atoms in total. The van der Waals surface area contributed by atoms with E-state index in [1.54, 1.807) is 12.1 Å². The van der Waals surface area contributed by atoms with Crippen LogP contribution in [0.4, 0.5) is 0 Å². The number of ether oxygens (including phenoxy) is 1. The Balaban J connectivity index is 2.50. The minimum Gasteiger partial charge on any atom is -0.480 e. The Labute approximate surface area is 154 Å². The van der Waals surface area contributed by atoms with Gasteiger partial charge in [0.15, 0.2) is 0 Å². The largest absolute Gasteiger partial charge is 0.480 e. The lowest BCUT2D eigenvalue weighted by atomic mass is 10.1. The molecule has 1 aromatic carbocycles. The first-order valence-electron chi connectivity index (χ1n) is 8.51. The van der Waals surface area contributed by atoms with Crippen molar-refractivity contribution in [2.24, 2.45) is 0 Å². The Hall–Kier alpha value is -2.41. The van der Waals surface area contributed by atoms with Gasteiger partial charge in [-0.2, -0.15) is 0 Å². The molecule has 3 N–H and O–H groups in total. The van der Waals surface area contributed by atoms with E-state index in [0.29, 0.717) is 5.56 Å². The molecule has 0 aliphatic heterocycles. The maximum atomic E-state index is 12.1. The molecule has 1 atom stereocenters. The van der Waals surface area contributed by atoms with Crippen LogP contribution in [0.3, 0.4) is 0 Å². The number of aliphatic carboxylic acids is 1. The molecule has 0 radical (unpaired) electrons. The number of aryl methyl sites for hydroxylation is 2. The summed E-state index contributed by atoms with van der Waals surface area (Å²) in [4.78, 5) is 35.3. The van der Waals surface area contributed by atoms with E-state index in [1.165, 1.54) is 0 Å². The summed E-state index contributed by atoms with van der Waals surface area (Å²) in [6.07, 6.45) is 0.142. The van der Waals surface area contributed by atoms with Crippen LogP contribution in [0.15, 0.2) is 18.2 Å². The number of hydrogen-bond donors (Lipinski definition) is 3. The summed E-state index contributed by atoms with van der Waals surface area (Å²) in [6, 6.07) is 4.19. The molecule has 26 heavy (non-hydrogen) atoms. The molecule has 0 aliphatic carbocycles. The van der Waals surface area contributed by atoms with Gasteiger partial charge in [0, 0.05) is 18.6 Å². The monoisotopic (exact) mass is 364 g/mol. The quantitative estimate of drug-likeness (QED) is 0.652. The molecular weight excluding hydrogens is 336 g/mol. The highest BCUT2D eigenvalue weighted by molar-refractivity contribution is 5.97. The number of carbonyl (C=O) groups is 3. The molecule has 0 heterocycles. The smallest absolute Gasteiger partial charge is 0.326 e. The number of carbonyl (C=O) groups excluding carboxylic acids is 2. The molecule has 1 rings (SSSR count). The van der Waals surface area contributed by atoms with Crippen molar-refractivity contribution in [3.63, 3.8) is 0 Å². The zero-order valence-corrected chi connectivity index (χ0v) is 16.0. The molecule has 0 aromatic heterocycles. The van der Waals surface area contributed by atoms with Crippen molar-refractivity contribution in [3.05, 3.63) is 34.9 Å². The van der Waals surface area contributed by atoms with E-state index in [4.69, 9.17) is 4.74 Å². The van der Waals surface area contributed by atoms with Crippen molar-refractivity contribution in [2.45, 2.75) is 52.7 Å². The molecule has 1 aromatic rings. The SMILES string of the molecule is Cc1ccc(C(=O)NCC(=O)NC(CCOC(C)(C)C)C(=O)O)cc1C. The molecule has 0 fully saturated rings. The Morgan fingerprint density at radius 1 is 1.15 bits per heavy atom. The zero-order chi connectivity index (χ0) is 19.9. The molecule has 0 spiro atoms. The summed E-state index contributed by atoms with van der Waals surface area (Å²) < 4.78 is 5.48. The van der Waals surface area contributed by atoms with Crippen LogP contribution in [0, 0.1) is 13.8 Å². The minimum atomic E-state index is -1.14.